The molecule has 0 aromatic heterocycles. The van der Waals surface area contributed by atoms with Crippen molar-refractivity contribution in [2.75, 3.05) is 47.5 Å². The molecule has 0 spiro atoms. The van der Waals surface area contributed by atoms with Crippen LogP contribution in [0.1, 0.15) is 219 Å². The average Bonchev–Trinajstić information content (AvgIpc) is 3.17. The molecule has 0 bridgehead atoms. The van der Waals surface area contributed by atoms with Crippen LogP contribution in [-0.4, -0.2) is 74.9 Å². The number of quaternary nitrogens is 1. The summed E-state index contributed by atoms with van der Waals surface area (Å²) in [6, 6.07) is 0. The normalized spacial score (nSPS) is 13.7. The van der Waals surface area contributed by atoms with Crippen LogP contribution >= 0.6 is 7.82 Å². The van der Waals surface area contributed by atoms with Gasteiger partial charge in [-0.15, -0.1) is 0 Å². The van der Waals surface area contributed by atoms with E-state index < -0.39 is 26.5 Å². The first-order valence-electron chi connectivity index (χ1n) is 24.1. The van der Waals surface area contributed by atoms with Gasteiger partial charge in [-0.2, -0.15) is 0 Å². The zero-order valence-electron chi connectivity index (χ0n) is 38.5. The Morgan fingerprint density at radius 2 is 0.879 bits per heavy atom. The first-order chi connectivity index (χ1) is 28.0. The van der Waals surface area contributed by atoms with Gasteiger partial charge in [0.1, 0.15) is 19.8 Å². The van der Waals surface area contributed by atoms with Crippen LogP contribution in [0.15, 0.2) is 24.3 Å². The first kappa shape index (κ1) is 56.5. The van der Waals surface area contributed by atoms with Crippen molar-refractivity contribution in [1.82, 2.24) is 0 Å². The standard InChI is InChI=1S/C48H92NO8P/c1-6-8-10-12-14-16-18-20-22-23-24-25-27-29-31-33-35-37-39-41-48(51)57-46(45-56-58(52,53)55-43-42-49(3,4)5)44-54-47(50)40-38-36-34-32-30-28-26-21-19-17-15-13-11-9-7-2/h20-22,26,46H,6-19,23-25,27-45H2,1-5H3/p+1/b22-20-,26-21-/t46-/m1/s1. The SMILES string of the molecule is CCCCCCCC/C=C\CCCCCCCCCCCC(=O)O[C@H](COC(=O)CCCCCCC/C=C\CCCCCCCC)COP(=O)(O)OCC[N+](C)(C)C. The highest BCUT2D eigenvalue weighted by molar-refractivity contribution is 7.47. The van der Waals surface area contributed by atoms with Crippen molar-refractivity contribution in [3.8, 4) is 0 Å². The van der Waals surface area contributed by atoms with Crippen LogP contribution in [0.25, 0.3) is 0 Å². The fraction of sp³-hybridized carbons (Fsp3) is 0.875. The zero-order valence-corrected chi connectivity index (χ0v) is 39.4. The fourth-order valence-electron chi connectivity index (χ4n) is 6.65. The van der Waals surface area contributed by atoms with Crippen LogP contribution in [-0.2, 0) is 32.7 Å². The van der Waals surface area contributed by atoms with Crippen molar-refractivity contribution >= 4 is 19.8 Å². The van der Waals surface area contributed by atoms with E-state index in [1.165, 1.54) is 128 Å². The molecule has 1 N–H and O–H groups in total. The minimum Gasteiger partial charge on any atom is -0.462 e. The molecule has 0 saturated carbocycles. The van der Waals surface area contributed by atoms with Crippen LogP contribution in [0.4, 0.5) is 0 Å². The van der Waals surface area contributed by atoms with Gasteiger partial charge in [0.25, 0.3) is 0 Å². The summed E-state index contributed by atoms with van der Waals surface area (Å²) in [5, 5.41) is 0. The molecular weight excluding hydrogens is 750 g/mol. The number of hydrogen-bond acceptors (Lipinski definition) is 7. The number of rotatable bonds is 44. The van der Waals surface area contributed by atoms with Crippen molar-refractivity contribution in [3.63, 3.8) is 0 Å². The number of ether oxygens (including phenoxy) is 2. The summed E-state index contributed by atoms with van der Waals surface area (Å²) >= 11 is 0. The van der Waals surface area contributed by atoms with Crippen molar-refractivity contribution < 1.29 is 42.1 Å². The monoisotopic (exact) mass is 843 g/mol. The molecule has 0 rings (SSSR count). The number of likely N-dealkylation sites (N-methyl/N-ethyl adjacent to an activating group) is 1. The van der Waals surface area contributed by atoms with Crippen LogP contribution in [0.2, 0.25) is 0 Å². The molecule has 0 radical (unpaired) electrons. The molecule has 0 fully saturated rings. The van der Waals surface area contributed by atoms with Gasteiger partial charge in [0.15, 0.2) is 6.10 Å². The molecule has 342 valence electrons. The second kappa shape index (κ2) is 40.9. The number of carbonyl (C=O) groups excluding carboxylic acids is 2. The number of hydrogen-bond donors (Lipinski definition) is 1. The highest BCUT2D eigenvalue weighted by atomic mass is 31.2. The lowest BCUT2D eigenvalue weighted by Gasteiger charge is -2.24. The van der Waals surface area contributed by atoms with E-state index in [9.17, 15) is 19.0 Å². The van der Waals surface area contributed by atoms with Gasteiger partial charge in [0.2, 0.25) is 0 Å². The smallest absolute Gasteiger partial charge is 0.462 e. The van der Waals surface area contributed by atoms with Crippen LogP contribution in [0.3, 0.4) is 0 Å². The minimum absolute atomic E-state index is 0.0314. The Bertz CT molecular complexity index is 1040. The van der Waals surface area contributed by atoms with E-state index in [4.69, 9.17) is 18.5 Å². The van der Waals surface area contributed by atoms with Gasteiger partial charge in [-0.3, -0.25) is 18.6 Å². The third kappa shape index (κ3) is 44.1. The highest BCUT2D eigenvalue weighted by Gasteiger charge is 2.27. The summed E-state index contributed by atoms with van der Waals surface area (Å²) in [5.74, 6) is -0.803. The summed E-state index contributed by atoms with van der Waals surface area (Å²) < 4.78 is 34.4. The van der Waals surface area contributed by atoms with E-state index in [1.54, 1.807) is 0 Å². The van der Waals surface area contributed by atoms with Crippen LogP contribution < -0.4 is 0 Å². The number of phosphoric ester groups is 1. The van der Waals surface area contributed by atoms with Crippen molar-refractivity contribution in [2.24, 2.45) is 0 Å². The maximum Gasteiger partial charge on any atom is 0.472 e. The lowest BCUT2D eigenvalue weighted by atomic mass is 10.1. The molecule has 9 nitrogen and oxygen atoms in total. The first-order valence-corrected chi connectivity index (χ1v) is 25.6. The molecule has 0 aliphatic heterocycles. The topological polar surface area (TPSA) is 108 Å². The quantitative estimate of drug-likeness (QED) is 0.0212. The molecule has 0 amide bonds. The molecule has 10 heteroatoms. The number of unbranched alkanes of at least 4 members (excludes halogenated alkanes) is 26. The molecule has 0 aliphatic carbocycles. The van der Waals surface area contributed by atoms with Crippen molar-refractivity contribution in [2.45, 2.75) is 225 Å². The van der Waals surface area contributed by atoms with Gasteiger partial charge >= 0.3 is 19.8 Å². The third-order valence-electron chi connectivity index (χ3n) is 10.5. The van der Waals surface area contributed by atoms with E-state index in [0.29, 0.717) is 17.4 Å². The van der Waals surface area contributed by atoms with E-state index >= 15 is 0 Å². The molecule has 0 aromatic carbocycles. The van der Waals surface area contributed by atoms with Crippen LogP contribution in [0.5, 0.6) is 0 Å². The number of carbonyl (C=O) groups is 2. The third-order valence-corrected chi connectivity index (χ3v) is 11.4. The lowest BCUT2D eigenvalue weighted by molar-refractivity contribution is -0.870. The van der Waals surface area contributed by atoms with Gasteiger partial charge in [-0.05, 0) is 64.2 Å². The lowest BCUT2D eigenvalue weighted by Crippen LogP contribution is -2.37. The van der Waals surface area contributed by atoms with Gasteiger partial charge < -0.3 is 18.9 Å². The molecule has 58 heavy (non-hydrogen) atoms. The molecule has 0 heterocycles. The van der Waals surface area contributed by atoms with Crippen LogP contribution in [0, 0.1) is 0 Å². The minimum atomic E-state index is -4.38. The molecular formula is C48H93NO8P+. The molecule has 1 unspecified atom stereocenters. The zero-order chi connectivity index (χ0) is 42.8. The predicted molar refractivity (Wildman–Crippen MR) is 243 cm³/mol. The number of nitrogens with zero attached hydrogens (tertiary/aromatic N) is 1. The Balaban J connectivity index is 4.29. The summed E-state index contributed by atoms with van der Waals surface area (Å²) in [7, 11) is 1.48. The maximum absolute atomic E-state index is 12.7. The van der Waals surface area contributed by atoms with Gasteiger partial charge in [-0.25, -0.2) is 4.57 Å². The Morgan fingerprint density at radius 3 is 1.28 bits per heavy atom. The van der Waals surface area contributed by atoms with E-state index in [-0.39, 0.29) is 32.0 Å². The Labute approximate surface area is 358 Å². The van der Waals surface area contributed by atoms with Crippen molar-refractivity contribution in [1.29, 1.82) is 0 Å². The Morgan fingerprint density at radius 1 is 0.517 bits per heavy atom. The Kier molecular flexibility index (Phi) is 39.8. The predicted octanol–water partition coefficient (Wildman–Crippen LogP) is 13.9. The van der Waals surface area contributed by atoms with Gasteiger partial charge in [-0.1, -0.05) is 167 Å². The highest BCUT2D eigenvalue weighted by Crippen LogP contribution is 2.43. The second-order valence-corrected chi connectivity index (χ2v) is 18.9. The molecule has 0 aliphatic rings. The van der Waals surface area contributed by atoms with E-state index in [1.807, 2.05) is 21.1 Å². The van der Waals surface area contributed by atoms with Crippen molar-refractivity contribution in [3.05, 3.63) is 24.3 Å². The second-order valence-electron chi connectivity index (χ2n) is 17.5. The number of allylic oxidation sites excluding steroid dienone is 4. The van der Waals surface area contributed by atoms with E-state index in [0.717, 1.165) is 57.8 Å². The van der Waals surface area contributed by atoms with E-state index in [2.05, 4.69) is 38.2 Å². The number of esters is 2. The summed E-state index contributed by atoms with van der Waals surface area (Å²) in [4.78, 5) is 35.4. The van der Waals surface area contributed by atoms with Gasteiger partial charge in [0.05, 0.1) is 27.7 Å². The van der Waals surface area contributed by atoms with Gasteiger partial charge in [0, 0.05) is 12.8 Å². The molecule has 0 saturated heterocycles. The Hall–Kier alpha value is -1.51. The largest absolute Gasteiger partial charge is 0.472 e. The summed E-state index contributed by atoms with van der Waals surface area (Å²) in [6.07, 6.45) is 45.1. The molecule has 0 aromatic rings. The molecule has 2 atom stereocenters. The summed E-state index contributed by atoms with van der Waals surface area (Å²) in [6.45, 7) is 4.42. The number of phosphoric acid groups is 1. The maximum atomic E-state index is 12.7. The summed E-state index contributed by atoms with van der Waals surface area (Å²) in [5.41, 5.74) is 0. The fourth-order valence-corrected chi connectivity index (χ4v) is 7.39. The average molecular weight is 843 g/mol.